The maximum Gasteiger partial charge on any atom is 1.00 e. The van der Waals surface area contributed by atoms with Gasteiger partial charge in [-0.3, -0.25) is 0 Å². The zero-order chi connectivity index (χ0) is 12.0. The summed E-state index contributed by atoms with van der Waals surface area (Å²) in [6.07, 6.45) is 0. The van der Waals surface area contributed by atoms with Crippen molar-refractivity contribution in [2.75, 3.05) is 0 Å². The molecular weight excluding hydrogens is 322 g/mol. The first-order valence-corrected chi connectivity index (χ1v) is 6.19. The van der Waals surface area contributed by atoms with E-state index in [4.69, 9.17) is 49.7 Å². The van der Waals surface area contributed by atoms with Crippen LogP contribution >= 0.6 is 24.4 Å². The molecule has 0 bridgehead atoms. The minimum Gasteiger partial charge on any atom is -0.412 e. The molecular formula is C10H10N2Na2S4. The Balaban J connectivity index is 0. The van der Waals surface area contributed by atoms with Crippen LogP contribution in [0.1, 0.15) is 11.1 Å². The van der Waals surface area contributed by atoms with Crippen molar-refractivity contribution in [1.82, 2.24) is 10.6 Å². The number of thiocarbonyl (C=S) groups is 2. The fraction of sp³-hybridized carbons (Fsp3) is 0.200. The Hall–Kier alpha value is 1.44. The molecule has 0 aliphatic rings. The predicted octanol–water partition coefficient (Wildman–Crippen LogP) is -4.46. The van der Waals surface area contributed by atoms with E-state index in [1.54, 1.807) is 0 Å². The van der Waals surface area contributed by atoms with Crippen LogP contribution < -0.4 is 69.7 Å². The largest absolute Gasteiger partial charge is 1.00 e. The molecule has 18 heavy (non-hydrogen) atoms. The summed E-state index contributed by atoms with van der Waals surface area (Å²) >= 11 is 19.0. The van der Waals surface area contributed by atoms with Gasteiger partial charge in [0.25, 0.3) is 0 Å². The van der Waals surface area contributed by atoms with E-state index in [1.165, 1.54) is 0 Å². The van der Waals surface area contributed by atoms with E-state index in [0.29, 0.717) is 21.7 Å². The van der Waals surface area contributed by atoms with Crippen molar-refractivity contribution in [3.63, 3.8) is 0 Å². The van der Waals surface area contributed by atoms with E-state index in [-0.39, 0.29) is 59.1 Å². The molecule has 0 unspecified atom stereocenters. The molecule has 0 spiro atoms. The zero-order valence-corrected chi connectivity index (χ0v) is 17.6. The van der Waals surface area contributed by atoms with Crippen molar-refractivity contribution in [2.24, 2.45) is 0 Å². The third-order valence-electron chi connectivity index (χ3n) is 1.90. The number of hydrogen-bond donors (Lipinski definition) is 2. The maximum atomic E-state index is 4.76. The summed E-state index contributed by atoms with van der Waals surface area (Å²) in [4.78, 5) is 0. The van der Waals surface area contributed by atoms with Crippen molar-refractivity contribution < 1.29 is 59.1 Å². The van der Waals surface area contributed by atoms with Crippen molar-refractivity contribution in [1.29, 1.82) is 0 Å². The monoisotopic (exact) mass is 332 g/mol. The SMILES string of the molecule is S=C([S-])NCc1ccc(CNC(=S)[S-])cc1.[Na+].[Na+]. The summed E-state index contributed by atoms with van der Waals surface area (Å²) in [5.41, 5.74) is 2.27. The fourth-order valence-electron chi connectivity index (χ4n) is 1.12. The number of hydrogen-bond acceptors (Lipinski definition) is 4. The average Bonchev–Trinajstić information content (AvgIpc) is 2.25. The molecule has 86 valence electrons. The van der Waals surface area contributed by atoms with Crippen LogP contribution in [-0.2, 0) is 38.3 Å². The first-order valence-electron chi connectivity index (χ1n) is 4.55. The van der Waals surface area contributed by atoms with Crippen molar-refractivity contribution in [2.45, 2.75) is 13.1 Å². The Morgan fingerprint density at radius 3 is 1.33 bits per heavy atom. The molecule has 8 heteroatoms. The second-order valence-corrected chi connectivity index (χ2v) is 5.25. The molecule has 0 heterocycles. The predicted molar refractivity (Wildman–Crippen MR) is 80.0 cm³/mol. The van der Waals surface area contributed by atoms with Crippen LogP contribution in [0.15, 0.2) is 24.3 Å². The second-order valence-electron chi connectivity index (χ2n) is 3.10. The summed E-state index contributed by atoms with van der Waals surface area (Å²) in [7, 11) is 0. The second kappa shape index (κ2) is 12.2. The van der Waals surface area contributed by atoms with E-state index in [2.05, 4.69) is 10.6 Å². The Labute approximate surface area is 174 Å². The molecule has 2 N–H and O–H groups in total. The first-order chi connectivity index (χ1) is 7.58. The topological polar surface area (TPSA) is 24.1 Å². The van der Waals surface area contributed by atoms with E-state index < -0.39 is 0 Å². The van der Waals surface area contributed by atoms with E-state index in [1.807, 2.05) is 24.3 Å². The maximum absolute atomic E-state index is 4.76. The van der Waals surface area contributed by atoms with Crippen molar-refractivity contribution in [3.05, 3.63) is 35.4 Å². The van der Waals surface area contributed by atoms with Crippen molar-refractivity contribution in [3.8, 4) is 0 Å². The number of benzene rings is 1. The van der Waals surface area contributed by atoms with Gasteiger partial charge in [-0.2, -0.15) is 0 Å². The van der Waals surface area contributed by atoms with Gasteiger partial charge in [-0.1, -0.05) is 32.9 Å². The van der Waals surface area contributed by atoms with Gasteiger partial charge >= 0.3 is 59.1 Å². The van der Waals surface area contributed by atoms with Crippen LogP contribution in [0, 0.1) is 0 Å². The molecule has 0 amide bonds. The molecule has 0 atom stereocenters. The zero-order valence-electron chi connectivity index (χ0n) is 10.4. The van der Waals surface area contributed by atoms with Gasteiger partial charge < -0.3 is 60.3 Å². The molecule has 1 rings (SSSR count). The minimum absolute atomic E-state index is 0. The summed E-state index contributed by atoms with van der Waals surface area (Å²) in [5, 5.41) is 5.85. The molecule has 0 fully saturated rings. The summed E-state index contributed by atoms with van der Waals surface area (Å²) in [6.45, 7) is 1.32. The smallest absolute Gasteiger partial charge is 0.412 e. The quantitative estimate of drug-likeness (QED) is 0.328. The molecule has 0 radical (unpaired) electrons. The van der Waals surface area contributed by atoms with E-state index >= 15 is 0 Å². The molecule has 0 saturated carbocycles. The standard InChI is InChI=1S/C10H12N2S4.2Na/c13-9(14)11-5-7-1-2-8(4-3-7)6-12-10(15)16;;/h1-4H,5-6H2,(H2,11,13,14)(H2,12,15,16);;/q;2*+1/p-2. The van der Waals surface area contributed by atoms with E-state index in [0.717, 1.165) is 11.1 Å². The van der Waals surface area contributed by atoms with E-state index in [9.17, 15) is 0 Å². The summed E-state index contributed by atoms with van der Waals surface area (Å²) in [6, 6.07) is 8.07. The van der Waals surface area contributed by atoms with Gasteiger partial charge in [0.2, 0.25) is 0 Å². The van der Waals surface area contributed by atoms with Crippen LogP contribution in [0.4, 0.5) is 0 Å². The third-order valence-corrected chi connectivity index (χ3v) is 2.47. The Morgan fingerprint density at radius 2 is 1.11 bits per heavy atom. The van der Waals surface area contributed by atoms with Gasteiger partial charge in [0.15, 0.2) is 0 Å². The molecule has 0 aliphatic heterocycles. The van der Waals surface area contributed by atoms with Gasteiger partial charge in [0.05, 0.1) is 0 Å². The van der Waals surface area contributed by atoms with Gasteiger partial charge in [-0.25, -0.2) is 0 Å². The van der Waals surface area contributed by atoms with Crippen LogP contribution in [0.5, 0.6) is 0 Å². The first kappa shape index (κ1) is 21.7. The van der Waals surface area contributed by atoms with Crippen LogP contribution in [0.3, 0.4) is 0 Å². The molecule has 0 saturated heterocycles. The van der Waals surface area contributed by atoms with Crippen LogP contribution in [-0.4, -0.2) is 8.64 Å². The van der Waals surface area contributed by atoms with Gasteiger partial charge in [0.1, 0.15) is 0 Å². The van der Waals surface area contributed by atoms with Crippen molar-refractivity contribution >= 4 is 58.3 Å². The number of nitrogens with one attached hydrogen (secondary N) is 2. The molecule has 1 aromatic rings. The summed E-state index contributed by atoms with van der Waals surface area (Å²) in [5.74, 6) is 0. The molecule has 2 nitrogen and oxygen atoms in total. The minimum atomic E-state index is 0. The van der Waals surface area contributed by atoms with Gasteiger partial charge in [0, 0.05) is 13.1 Å². The van der Waals surface area contributed by atoms with Crippen LogP contribution in [0.25, 0.3) is 0 Å². The van der Waals surface area contributed by atoms with Gasteiger partial charge in [-0.15, -0.1) is 0 Å². The molecule has 0 aromatic heterocycles. The molecule has 0 aliphatic carbocycles. The number of rotatable bonds is 4. The summed E-state index contributed by atoms with van der Waals surface area (Å²) < 4.78 is 0.782. The Morgan fingerprint density at radius 1 is 0.833 bits per heavy atom. The Bertz CT molecular complexity index is 347. The normalized spacial score (nSPS) is 8.44. The average molecular weight is 332 g/mol. The molecule has 1 aromatic carbocycles. The van der Waals surface area contributed by atoms with Crippen LogP contribution in [0.2, 0.25) is 0 Å². The third kappa shape index (κ3) is 10.3. The fourth-order valence-corrected chi connectivity index (χ4v) is 1.41. The van der Waals surface area contributed by atoms with Gasteiger partial charge in [-0.05, 0) is 11.1 Å². The Kier molecular flexibility index (Phi) is 14.7.